The first-order valence-corrected chi connectivity index (χ1v) is 12.2. The van der Waals surface area contributed by atoms with E-state index in [0.717, 1.165) is 44.4 Å². The molecule has 0 aromatic carbocycles. The summed E-state index contributed by atoms with van der Waals surface area (Å²) in [6, 6.07) is 0. The lowest BCUT2D eigenvalue weighted by Gasteiger charge is -2.42. The molecule has 0 radical (unpaired) electrons. The molecule has 2 saturated carbocycles. The first kappa shape index (κ1) is 23.3. The van der Waals surface area contributed by atoms with Crippen molar-refractivity contribution in [3.63, 3.8) is 0 Å². The highest BCUT2D eigenvalue weighted by atomic mass is 19.3. The standard InChI is InChI=1S/C25H38F2O4/c1-2-3-18-13-28-25(29-14-18)22-15-30-24(31-16-22)21-10-8-20(9-11-21)19-6-4-17(5-7-19)12-23(26)27/h2-3,12,17-22,24-25H,4-11,13-16H2,1H3. The molecule has 2 aliphatic heterocycles. The molecule has 0 spiro atoms. The smallest absolute Gasteiger partial charge is 0.266 e. The van der Waals surface area contributed by atoms with E-state index >= 15 is 0 Å². The maximum Gasteiger partial charge on any atom is 0.266 e. The van der Waals surface area contributed by atoms with E-state index in [9.17, 15) is 8.78 Å². The van der Waals surface area contributed by atoms with Gasteiger partial charge in [-0.3, -0.25) is 0 Å². The minimum atomic E-state index is -1.52. The Kier molecular flexibility index (Phi) is 8.55. The van der Waals surface area contributed by atoms with Crippen LogP contribution in [-0.2, 0) is 18.9 Å². The highest BCUT2D eigenvalue weighted by Crippen LogP contribution is 2.43. The molecule has 2 heterocycles. The number of rotatable bonds is 5. The minimum absolute atomic E-state index is 0.0840. The summed E-state index contributed by atoms with van der Waals surface area (Å²) in [7, 11) is 0. The Labute approximate surface area is 185 Å². The number of hydrogen-bond donors (Lipinski definition) is 0. The van der Waals surface area contributed by atoms with Crippen molar-refractivity contribution >= 4 is 0 Å². The van der Waals surface area contributed by atoms with E-state index in [1.54, 1.807) is 0 Å². The molecule has 0 bridgehead atoms. The molecule has 4 rings (SSSR count). The molecule has 6 heteroatoms. The lowest BCUT2D eigenvalue weighted by Crippen LogP contribution is -2.46. The van der Waals surface area contributed by atoms with Crippen LogP contribution >= 0.6 is 0 Å². The molecule has 31 heavy (non-hydrogen) atoms. The summed E-state index contributed by atoms with van der Waals surface area (Å²) in [5.41, 5.74) is 0. The monoisotopic (exact) mass is 440 g/mol. The summed E-state index contributed by atoms with van der Waals surface area (Å²) in [5, 5.41) is 0. The Hall–Kier alpha value is -0.820. The predicted molar refractivity (Wildman–Crippen MR) is 114 cm³/mol. The van der Waals surface area contributed by atoms with Gasteiger partial charge in [0.1, 0.15) is 0 Å². The Morgan fingerprint density at radius 1 is 0.613 bits per heavy atom. The molecular formula is C25H38F2O4. The van der Waals surface area contributed by atoms with Crippen LogP contribution in [0.3, 0.4) is 0 Å². The maximum absolute atomic E-state index is 12.5. The zero-order chi connectivity index (χ0) is 21.6. The Bertz CT molecular complexity index is 589. The number of allylic oxidation sites excluding steroid dienone is 2. The molecule has 2 aliphatic carbocycles. The van der Waals surface area contributed by atoms with E-state index in [0.29, 0.717) is 44.2 Å². The van der Waals surface area contributed by atoms with Crippen LogP contribution in [0.15, 0.2) is 24.3 Å². The SMILES string of the molecule is CC=CC1COC(C2COC(C3CCC(C4CCC(C=C(F)F)CC4)CC3)OC2)OC1. The molecule has 0 aromatic rings. The molecule has 0 atom stereocenters. The summed E-state index contributed by atoms with van der Waals surface area (Å²) < 4.78 is 49.0. The fraction of sp³-hybridized carbons (Fsp3) is 0.840. The zero-order valence-electron chi connectivity index (χ0n) is 18.7. The van der Waals surface area contributed by atoms with E-state index in [4.69, 9.17) is 18.9 Å². The van der Waals surface area contributed by atoms with Gasteiger partial charge in [0.05, 0.1) is 32.3 Å². The number of halogens is 2. The van der Waals surface area contributed by atoms with Gasteiger partial charge >= 0.3 is 0 Å². The van der Waals surface area contributed by atoms with Crippen molar-refractivity contribution in [1.29, 1.82) is 0 Å². The van der Waals surface area contributed by atoms with Gasteiger partial charge in [-0.15, -0.1) is 0 Å². The second-order valence-corrected chi connectivity index (χ2v) is 9.92. The molecule has 0 aromatic heterocycles. The molecule has 4 nitrogen and oxygen atoms in total. The van der Waals surface area contributed by atoms with Crippen LogP contribution in [0.25, 0.3) is 0 Å². The normalized spacial score (nSPS) is 42.4. The molecule has 4 aliphatic rings. The summed E-state index contributed by atoms with van der Waals surface area (Å²) in [4.78, 5) is 0. The second-order valence-electron chi connectivity index (χ2n) is 9.92. The zero-order valence-corrected chi connectivity index (χ0v) is 18.7. The van der Waals surface area contributed by atoms with Crippen LogP contribution in [-0.4, -0.2) is 39.0 Å². The Balaban J connectivity index is 1.15. The third kappa shape index (κ3) is 6.37. The highest BCUT2D eigenvalue weighted by Gasteiger charge is 2.38. The lowest BCUT2D eigenvalue weighted by molar-refractivity contribution is -0.289. The fourth-order valence-electron chi connectivity index (χ4n) is 6.00. The maximum atomic E-state index is 12.5. The highest BCUT2D eigenvalue weighted by molar-refractivity contribution is 4.92. The van der Waals surface area contributed by atoms with E-state index in [1.165, 1.54) is 18.9 Å². The first-order valence-electron chi connectivity index (χ1n) is 12.2. The van der Waals surface area contributed by atoms with Gasteiger partial charge in [-0.2, -0.15) is 8.78 Å². The van der Waals surface area contributed by atoms with Crippen LogP contribution in [0, 0.1) is 35.5 Å². The van der Waals surface area contributed by atoms with Gasteiger partial charge < -0.3 is 18.9 Å². The average molecular weight is 441 g/mol. The predicted octanol–water partition coefficient (Wildman–Crippen LogP) is 5.93. The lowest BCUT2D eigenvalue weighted by atomic mass is 9.69. The summed E-state index contributed by atoms with van der Waals surface area (Å²) in [6.45, 7) is 4.67. The van der Waals surface area contributed by atoms with Gasteiger partial charge in [0.2, 0.25) is 0 Å². The molecule has 2 saturated heterocycles. The van der Waals surface area contributed by atoms with Crippen LogP contribution in [0.4, 0.5) is 8.78 Å². The van der Waals surface area contributed by atoms with Crippen molar-refractivity contribution in [2.75, 3.05) is 26.4 Å². The van der Waals surface area contributed by atoms with Gasteiger partial charge in [-0.05, 0) is 82.1 Å². The van der Waals surface area contributed by atoms with Crippen LogP contribution < -0.4 is 0 Å². The van der Waals surface area contributed by atoms with Crippen molar-refractivity contribution in [1.82, 2.24) is 0 Å². The Morgan fingerprint density at radius 2 is 1.10 bits per heavy atom. The number of hydrogen-bond acceptors (Lipinski definition) is 4. The van der Waals surface area contributed by atoms with Gasteiger partial charge in [-0.1, -0.05) is 12.2 Å². The third-order valence-electron chi connectivity index (χ3n) is 7.79. The van der Waals surface area contributed by atoms with E-state index in [1.807, 2.05) is 13.0 Å². The van der Waals surface area contributed by atoms with E-state index in [2.05, 4.69) is 6.08 Å². The van der Waals surface area contributed by atoms with Crippen molar-refractivity contribution in [3.05, 3.63) is 24.3 Å². The molecule has 4 fully saturated rings. The molecule has 0 N–H and O–H groups in total. The molecule has 176 valence electrons. The molecular weight excluding hydrogens is 402 g/mol. The van der Waals surface area contributed by atoms with Crippen LogP contribution in [0.1, 0.15) is 58.3 Å². The van der Waals surface area contributed by atoms with Gasteiger partial charge in [-0.25, -0.2) is 0 Å². The van der Waals surface area contributed by atoms with E-state index in [-0.39, 0.29) is 24.4 Å². The number of ether oxygens (including phenoxy) is 4. The van der Waals surface area contributed by atoms with Crippen molar-refractivity contribution in [2.45, 2.75) is 70.9 Å². The summed E-state index contributed by atoms with van der Waals surface area (Å²) in [5.74, 6) is 2.47. The van der Waals surface area contributed by atoms with Crippen molar-refractivity contribution in [3.8, 4) is 0 Å². The van der Waals surface area contributed by atoms with E-state index < -0.39 is 6.08 Å². The van der Waals surface area contributed by atoms with Crippen LogP contribution in [0.5, 0.6) is 0 Å². The quantitative estimate of drug-likeness (QED) is 0.496. The third-order valence-corrected chi connectivity index (χ3v) is 7.79. The summed E-state index contributed by atoms with van der Waals surface area (Å²) >= 11 is 0. The van der Waals surface area contributed by atoms with Gasteiger partial charge in [0.15, 0.2) is 12.6 Å². The minimum Gasteiger partial charge on any atom is -0.352 e. The fourth-order valence-corrected chi connectivity index (χ4v) is 6.00. The Morgan fingerprint density at radius 3 is 1.65 bits per heavy atom. The van der Waals surface area contributed by atoms with Gasteiger partial charge in [0.25, 0.3) is 6.08 Å². The van der Waals surface area contributed by atoms with Crippen molar-refractivity contribution < 1.29 is 27.7 Å². The topological polar surface area (TPSA) is 36.9 Å². The first-order chi connectivity index (χ1) is 15.1. The van der Waals surface area contributed by atoms with Gasteiger partial charge in [0, 0.05) is 11.8 Å². The largest absolute Gasteiger partial charge is 0.352 e. The second kappa shape index (κ2) is 11.4. The van der Waals surface area contributed by atoms with Crippen LogP contribution in [0.2, 0.25) is 0 Å². The molecule has 0 amide bonds. The van der Waals surface area contributed by atoms with Crippen molar-refractivity contribution in [2.24, 2.45) is 35.5 Å². The average Bonchev–Trinajstić information content (AvgIpc) is 2.80. The molecule has 0 unspecified atom stereocenters. The summed E-state index contributed by atoms with van der Waals surface area (Å²) in [6.07, 6.45) is 12.2.